The quantitative estimate of drug-likeness (QED) is 0.844. The zero-order valence-electron chi connectivity index (χ0n) is 9.47. The molecule has 0 heterocycles. The van der Waals surface area contributed by atoms with Gasteiger partial charge in [-0.2, -0.15) is 0 Å². The summed E-state index contributed by atoms with van der Waals surface area (Å²) < 4.78 is 14.4. The fraction of sp³-hybridized carbons (Fsp3) is 0.538. The number of hydrogen-bond donors (Lipinski definition) is 1. The maximum Gasteiger partial charge on any atom is 0.116 e. The first-order chi connectivity index (χ1) is 7.48. The average molecular weight is 242 g/mol. The van der Waals surface area contributed by atoms with Crippen LogP contribution in [0.25, 0.3) is 0 Å². The van der Waals surface area contributed by atoms with Gasteiger partial charge in [-0.3, -0.25) is 0 Å². The van der Waals surface area contributed by atoms with Gasteiger partial charge in [0, 0.05) is 17.5 Å². The van der Waals surface area contributed by atoms with Crippen LogP contribution in [0.2, 0.25) is 5.02 Å². The minimum Gasteiger partial charge on any atom is -0.328 e. The van der Waals surface area contributed by atoms with E-state index in [-0.39, 0.29) is 6.04 Å². The lowest BCUT2D eigenvalue weighted by atomic mass is 9.94. The minimum absolute atomic E-state index is 0.00854. The van der Waals surface area contributed by atoms with Crippen molar-refractivity contribution in [1.82, 2.24) is 0 Å². The molecule has 2 unspecified atom stereocenters. The van der Waals surface area contributed by atoms with E-state index >= 15 is 0 Å². The van der Waals surface area contributed by atoms with Gasteiger partial charge in [-0.05, 0) is 43.4 Å². The van der Waals surface area contributed by atoms with Crippen molar-refractivity contribution in [2.45, 2.75) is 44.3 Å². The van der Waals surface area contributed by atoms with Crippen molar-refractivity contribution in [2.75, 3.05) is 0 Å². The molecule has 0 aromatic heterocycles. The highest BCUT2D eigenvalue weighted by Crippen LogP contribution is 2.37. The average Bonchev–Trinajstić information content (AvgIpc) is 2.52. The molecule has 0 aliphatic heterocycles. The molecule has 1 aromatic carbocycles. The van der Waals surface area contributed by atoms with Crippen LogP contribution in [0.1, 0.15) is 30.4 Å². The summed E-state index contributed by atoms with van der Waals surface area (Å²) in [4.78, 5) is 0. The Morgan fingerprint density at radius 1 is 1.56 bits per heavy atom. The standard InChI is InChI=1S/C13H17ClFN/c1-9-2-3-10(12(14)6-9)7-13(15)5-4-11(16)8-13/h2-3,6,11H,4-5,7-8,16H2,1H3. The van der Waals surface area contributed by atoms with Gasteiger partial charge < -0.3 is 5.73 Å². The van der Waals surface area contributed by atoms with Gasteiger partial charge in [-0.1, -0.05) is 23.7 Å². The van der Waals surface area contributed by atoms with Gasteiger partial charge in [-0.15, -0.1) is 0 Å². The Hall–Kier alpha value is -0.600. The second-order valence-electron chi connectivity index (χ2n) is 4.93. The molecule has 3 heteroatoms. The number of halogens is 2. The SMILES string of the molecule is Cc1ccc(CC2(F)CCC(N)C2)c(Cl)c1. The number of hydrogen-bond acceptors (Lipinski definition) is 1. The van der Waals surface area contributed by atoms with Crippen molar-refractivity contribution in [3.8, 4) is 0 Å². The van der Waals surface area contributed by atoms with Gasteiger partial charge >= 0.3 is 0 Å². The monoisotopic (exact) mass is 241 g/mol. The second-order valence-corrected chi connectivity index (χ2v) is 5.33. The van der Waals surface area contributed by atoms with Crippen molar-refractivity contribution in [2.24, 2.45) is 5.73 Å². The zero-order chi connectivity index (χ0) is 11.8. The van der Waals surface area contributed by atoms with Crippen molar-refractivity contribution >= 4 is 11.6 Å². The molecule has 0 amide bonds. The Balaban J connectivity index is 2.14. The van der Waals surface area contributed by atoms with E-state index in [1.807, 2.05) is 25.1 Å². The molecule has 0 spiro atoms. The first-order valence-corrected chi connectivity index (χ1v) is 6.06. The molecule has 1 nitrogen and oxygen atoms in total. The Bertz CT molecular complexity index is 394. The van der Waals surface area contributed by atoms with E-state index in [0.717, 1.165) is 17.5 Å². The molecule has 0 saturated heterocycles. The normalized spacial score (nSPS) is 29.6. The van der Waals surface area contributed by atoms with E-state index in [4.69, 9.17) is 17.3 Å². The summed E-state index contributed by atoms with van der Waals surface area (Å²) in [5.74, 6) is 0. The molecule has 0 radical (unpaired) electrons. The van der Waals surface area contributed by atoms with E-state index in [0.29, 0.717) is 24.3 Å². The van der Waals surface area contributed by atoms with Crippen LogP contribution in [-0.2, 0) is 6.42 Å². The fourth-order valence-corrected chi connectivity index (χ4v) is 2.72. The molecule has 16 heavy (non-hydrogen) atoms. The Kier molecular flexibility index (Phi) is 3.22. The van der Waals surface area contributed by atoms with Crippen LogP contribution in [0.5, 0.6) is 0 Å². The highest BCUT2D eigenvalue weighted by Gasteiger charge is 2.38. The van der Waals surface area contributed by atoms with Crippen molar-refractivity contribution in [3.63, 3.8) is 0 Å². The van der Waals surface area contributed by atoms with Crippen LogP contribution in [-0.4, -0.2) is 11.7 Å². The van der Waals surface area contributed by atoms with E-state index in [2.05, 4.69) is 0 Å². The lowest BCUT2D eigenvalue weighted by Crippen LogP contribution is -2.25. The highest BCUT2D eigenvalue weighted by atomic mass is 35.5. The Labute approximate surface area is 101 Å². The third-order valence-corrected chi connectivity index (χ3v) is 3.66. The molecular weight excluding hydrogens is 225 g/mol. The predicted octanol–water partition coefficient (Wildman–Crippen LogP) is 3.41. The van der Waals surface area contributed by atoms with Gasteiger partial charge in [0.1, 0.15) is 5.67 Å². The third-order valence-electron chi connectivity index (χ3n) is 3.31. The molecule has 2 rings (SSSR count). The molecule has 2 N–H and O–H groups in total. The van der Waals surface area contributed by atoms with Gasteiger partial charge in [-0.25, -0.2) is 4.39 Å². The topological polar surface area (TPSA) is 26.0 Å². The largest absolute Gasteiger partial charge is 0.328 e. The summed E-state index contributed by atoms with van der Waals surface area (Å²) in [7, 11) is 0. The summed E-state index contributed by atoms with van der Waals surface area (Å²) in [5, 5.41) is 0.664. The fourth-order valence-electron chi connectivity index (χ4n) is 2.42. The zero-order valence-corrected chi connectivity index (χ0v) is 10.2. The molecule has 2 atom stereocenters. The van der Waals surface area contributed by atoms with E-state index in [1.54, 1.807) is 0 Å². The molecule has 1 fully saturated rings. The molecule has 0 bridgehead atoms. The van der Waals surface area contributed by atoms with Crippen molar-refractivity contribution in [3.05, 3.63) is 34.3 Å². The number of nitrogens with two attached hydrogens (primary N) is 1. The lowest BCUT2D eigenvalue weighted by molar-refractivity contribution is 0.170. The smallest absolute Gasteiger partial charge is 0.116 e. The predicted molar refractivity (Wildman–Crippen MR) is 65.6 cm³/mol. The van der Waals surface area contributed by atoms with E-state index in [1.165, 1.54) is 0 Å². The summed E-state index contributed by atoms with van der Waals surface area (Å²) in [6, 6.07) is 5.78. The molecule has 1 saturated carbocycles. The van der Waals surface area contributed by atoms with Crippen LogP contribution in [0.4, 0.5) is 4.39 Å². The number of rotatable bonds is 2. The maximum atomic E-state index is 14.4. The summed E-state index contributed by atoms with van der Waals surface area (Å²) in [6.45, 7) is 1.98. The molecule has 1 aliphatic carbocycles. The lowest BCUT2D eigenvalue weighted by Gasteiger charge is -2.20. The number of benzene rings is 1. The highest BCUT2D eigenvalue weighted by molar-refractivity contribution is 6.31. The molecule has 88 valence electrons. The van der Waals surface area contributed by atoms with Crippen LogP contribution in [0.15, 0.2) is 18.2 Å². The second kappa shape index (κ2) is 4.34. The summed E-state index contributed by atoms with van der Waals surface area (Å²) >= 11 is 6.11. The maximum absolute atomic E-state index is 14.4. The minimum atomic E-state index is -1.15. The molecular formula is C13H17ClFN. The van der Waals surface area contributed by atoms with Gasteiger partial charge in [0.15, 0.2) is 0 Å². The van der Waals surface area contributed by atoms with Gasteiger partial charge in [0.05, 0.1) is 0 Å². The Morgan fingerprint density at radius 3 is 2.88 bits per heavy atom. The Morgan fingerprint density at radius 2 is 2.31 bits per heavy atom. The van der Waals surface area contributed by atoms with Crippen LogP contribution >= 0.6 is 11.6 Å². The van der Waals surface area contributed by atoms with E-state index in [9.17, 15) is 4.39 Å². The molecule has 1 aromatic rings. The first-order valence-electron chi connectivity index (χ1n) is 5.68. The van der Waals surface area contributed by atoms with Crippen LogP contribution < -0.4 is 5.73 Å². The first kappa shape index (κ1) is 11.9. The van der Waals surface area contributed by atoms with Crippen LogP contribution in [0.3, 0.4) is 0 Å². The molecule has 1 aliphatic rings. The van der Waals surface area contributed by atoms with Crippen LogP contribution in [0, 0.1) is 6.92 Å². The third kappa shape index (κ3) is 2.55. The number of alkyl halides is 1. The van der Waals surface area contributed by atoms with Crippen molar-refractivity contribution < 1.29 is 4.39 Å². The van der Waals surface area contributed by atoms with Gasteiger partial charge in [0.2, 0.25) is 0 Å². The van der Waals surface area contributed by atoms with Gasteiger partial charge in [0.25, 0.3) is 0 Å². The number of aryl methyl sites for hydroxylation is 1. The summed E-state index contributed by atoms with van der Waals surface area (Å²) in [6.07, 6.45) is 2.18. The van der Waals surface area contributed by atoms with E-state index < -0.39 is 5.67 Å². The summed E-state index contributed by atoms with van der Waals surface area (Å²) in [5.41, 5.74) is 6.59. The van der Waals surface area contributed by atoms with Crippen molar-refractivity contribution in [1.29, 1.82) is 0 Å².